The number of amides is 3. The lowest BCUT2D eigenvalue weighted by Gasteiger charge is -2.09. The molecule has 148 valence electrons. The Morgan fingerprint density at radius 1 is 1.11 bits per heavy atom. The van der Waals surface area contributed by atoms with Crippen LogP contribution in [-0.2, 0) is 4.79 Å². The van der Waals surface area contributed by atoms with Gasteiger partial charge in [0.2, 0.25) is 0 Å². The van der Waals surface area contributed by atoms with E-state index in [0.29, 0.717) is 32.8 Å². The van der Waals surface area contributed by atoms with Crippen molar-refractivity contribution in [3.8, 4) is 11.5 Å². The first-order valence-corrected chi connectivity index (χ1v) is 8.73. The molecule has 0 aliphatic heterocycles. The summed E-state index contributed by atoms with van der Waals surface area (Å²) < 4.78 is 10.5. The summed E-state index contributed by atoms with van der Waals surface area (Å²) in [7, 11) is 3.03. The highest BCUT2D eigenvalue weighted by atomic mass is 35.5. The standard InChI is InChI=1S/C18H18Cl2N4O4/c1-27-15-5-3-4-11(17(15)28-2)9-22-24-16(25)10-21-18(26)23-12-6-7-13(19)14(20)8-12/h3-9H,10H2,1-2H3,(H,24,25)(H2,21,23,26)/b22-9-. The molecule has 0 unspecified atom stereocenters. The molecule has 0 saturated carbocycles. The summed E-state index contributed by atoms with van der Waals surface area (Å²) in [5.74, 6) is 0.517. The first-order chi connectivity index (χ1) is 13.4. The minimum atomic E-state index is -0.577. The highest BCUT2D eigenvalue weighted by Crippen LogP contribution is 2.29. The summed E-state index contributed by atoms with van der Waals surface area (Å²) in [6.07, 6.45) is 1.41. The van der Waals surface area contributed by atoms with Gasteiger partial charge in [0.25, 0.3) is 5.91 Å². The van der Waals surface area contributed by atoms with Gasteiger partial charge in [-0.25, -0.2) is 10.2 Å². The molecule has 2 aromatic rings. The average molecular weight is 425 g/mol. The van der Waals surface area contributed by atoms with E-state index >= 15 is 0 Å². The van der Waals surface area contributed by atoms with Gasteiger partial charge in [-0.2, -0.15) is 5.10 Å². The molecule has 3 amide bonds. The van der Waals surface area contributed by atoms with E-state index in [1.54, 1.807) is 30.3 Å². The SMILES string of the molecule is COc1cccc(/C=N\NC(=O)CNC(=O)Nc2ccc(Cl)c(Cl)c2)c1OC. The Bertz CT molecular complexity index is 890. The average Bonchev–Trinajstić information content (AvgIpc) is 2.69. The molecule has 0 spiro atoms. The maximum absolute atomic E-state index is 11.8. The van der Waals surface area contributed by atoms with E-state index in [2.05, 4.69) is 21.2 Å². The van der Waals surface area contributed by atoms with E-state index in [1.807, 2.05) is 0 Å². The molecule has 28 heavy (non-hydrogen) atoms. The highest BCUT2D eigenvalue weighted by molar-refractivity contribution is 6.42. The molecule has 0 radical (unpaired) electrons. The van der Waals surface area contributed by atoms with Crippen LogP contribution in [0.15, 0.2) is 41.5 Å². The predicted molar refractivity (Wildman–Crippen MR) is 109 cm³/mol. The van der Waals surface area contributed by atoms with Gasteiger partial charge in [-0.1, -0.05) is 29.3 Å². The highest BCUT2D eigenvalue weighted by Gasteiger charge is 2.08. The predicted octanol–water partition coefficient (Wildman–Crippen LogP) is 3.28. The zero-order chi connectivity index (χ0) is 20.5. The summed E-state index contributed by atoms with van der Waals surface area (Å²) in [5.41, 5.74) is 3.37. The topological polar surface area (TPSA) is 101 Å². The number of rotatable bonds is 7. The Morgan fingerprint density at radius 2 is 1.89 bits per heavy atom. The van der Waals surface area contributed by atoms with Crippen LogP contribution in [0.5, 0.6) is 11.5 Å². The second kappa shape index (κ2) is 10.4. The Labute approximate surface area is 171 Å². The Hall–Kier alpha value is -2.97. The van der Waals surface area contributed by atoms with E-state index in [1.165, 1.54) is 26.5 Å². The number of hydrazone groups is 1. The Kier molecular flexibility index (Phi) is 7.91. The number of methoxy groups -OCH3 is 2. The van der Waals surface area contributed by atoms with Crippen LogP contribution in [0.2, 0.25) is 10.0 Å². The quantitative estimate of drug-likeness (QED) is 0.468. The molecule has 0 aliphatic rings. The number of hydrogen-bond donors (Lipinski definition) is 3. The van der Waals surface area contributed by atoms with Crippen LogP contribution in [-0.4, -0.2) is 38.9 Å². The summed E-state index contributed by atoms with van der Waals surface area (Å²) >= 11 is 11.7. The van der Waals surface area contributed by atoms with Crippen molar-refractivity contribution in [2.24, 2.45) is 5.10 Å². The fourth-order valence-electron chi connectivity index (χ4n) is 2.14. The molecule has 0 aromatic heterocycles. The van der Waals surface area contributed by atoms with Crippen LogP contribution in [0.4, 0.5) is 10.5 Å². The van der Waals surface area contributed by atoms with Crippen LogP contribution < -0.4 is 25.5 Å². The fourth-order valence-corrected chi connectivity index (χ4v) is 2.43. The number of urea groups is 1. The number of ether oxygens (including phenoxy) is 2. The molecular formula is C18H18Cl2N4O4. The molecule has 0 heterocycles. The molecule has 8 nitrogen and oxygen atoms in total. The third-order valence-electron chi connectivity index (χ3n) is 3.41. The lowest BCUT2D eigenvalue weighted by molar-refractivity contribution is -0.120. The number of hydrogen-bond acceptors (Lipinski definition) is 5. The Morgan fingerprint density at radius 3 is 2.57 bits per heavy atom. The van der Waals surface area contributed by atoms with Crippen LogP contribution in [0.25, 0.3) is 0 Å². The summed E-state index contributed by atoms with van der Waals surface area (Å²) in [5, 5.41) is 9.45. The third-order valence-corrected chi connectivity index (χ3v) is 4.15. The first kappa shape index (κ1) is 21.3. The number of carbonyl (C=O) groups excluding carboxylic acids is 2. The third kappa shape index (κ3) is 6.04. The minimum absolute atomic E-state index is 0.278. The summed E-state index contributed by atoms with van der Waals surface area (Å²) in [4.78, 5) is 23.6. The van der Waals surface area contributed by atoms with Crippen molar-refractivity contribution in [1.82, 2.24) is 10.7 Å². The molecule has 2 aromatic carbocycles. The molecule has 0 bridgehead atoms. The maximum Gasteiger partial charge on any atom is 0.319 e. The second-order valence-electron chi connectivity index (χ2n) is 5.31. The van der Waals surface area contributed by atoms with Gasteiger partial charge in [0.15, 0.2) is 11.5 Å². The number of halogens is 2. The first-order valence-electron chi connectivity index (χ1n) is 7.97. The van der Waals surface area contributed by atoms with Crippen LogP contribution in [0.1, 0.15) is 5.56 Å². The summed E-state index contributed by atoms with van der Waals surface area (Å²) in [6.45, 7) is -0.278. The monoisotopic (exact) mass is 424 g/mol. The van der Waals surface area contributed by atoms with Crippen molar-refractivity contribution in [3.05, 3.63) is 52.0 Å². The van der Waals surface area contributed by atoms with Gasteiger partial charge < -0.3 is 20.1 Å². The lowest BCUT2D eigenvalue weighted by atomic mass is 10.2. The second-order valence-corrected chi connectivity index (χ2v) is 6.13. The van der Waals surface area contributed by atoms with Gasteiger partial charge in [0.1, 0.15) is 6.54 Å². The maximum atomic E-state index is 11.8. The molecule has 10 heteroatoms. The van der Waals surface area contributed by atoms with E-state index in [9.17, 15) is 9.59 Å². The van der Waals surface area contributed by atoms with Gasteiger partial charge in [-0.15, -0.1) is 0 Å². The smallest absolute Gasteiger partial charge is 0.319 e. The van der Waals surface area contributed by atoms with Crippen LogP contribution in [0.3, 0.4) is 0 Å². The molecule has 2 rings (SSSR count). The van der Waals surface area contributed by atoms with E-state index in [0.717, 1.165) is 0 Å². The fraction of sp³-hybridized carbons (Fsp3) is 0.167. The molecule has 0 atom stereocenters. The van der Waals surface area contributed by atoms with Crippen molar-refractivity contribution in [1.29, 1.82) is 0 Å². The number of benzene rings is 2. The van der Waals surface area contributed by atoms with Gasteiger partial charge in [-0.05, 0) is 30.3 Å². The normalized spacial score (nSPS) is 10.4. The molecule has 0 saturated heterocycles. The van der Waals surface area contributed by atoms with E-state index in [-0.39, 0.29) is 6.54 Å². The van der Waals surface area contributed by atoms with Crippen molar-refractivity contribution >= 4 is 47.0 Å². The zero-order valence-corrected chi connectivity index (χ0v) is 16.6. The Balaban J connectivity index is 1.83. The van der Waals surface area contributed by atoms with Gasteiger partial charge in [-0.3, -0.25) is 4.79 Å². The number of para-hydroxylation sites is 1. The van der Waals surface area contributed by atoms with Crippen molar-refractivity contribution in [2.75, 3.05) is 26.1 Å². The van der Waals surface area contributed by atoms with Crippen molar-refractivity contribution in [2.45, 2.75) is 0 Å². The number of nitrogens with zero attached hydrogens (tertiary/aromatic N) is 1. The van der Waals surface area contributed by atoms with E-state index in [4.69, 9.17) is 32.7 Å². The van der Waals surface area contributed by atoms with Crippen molar-refractivity contribution in [3.63, 3.8) is 0 Å². The van der Waals surface area contributed by atoms with Crippen LogP contribution >= 0.6 is 23.2 Å². The number of anilines is 1. The number of carbonyl (C=O) groups is 2. The summed E-state index contributed by atoms with van der Waals surface area (Å²) in [6, 6.07) is 9.31. The molecule has 0 fully saturated rings. The number of nitrogens with one attached hydrogen (secondary N) is 3. The zero-order valence-electron chi connectivity index (χ0n) is 15.1. The molecule has 0 aliphatic carbocycles. The van der Waals surface area contributed by atoms with Crippen molar-refractivity contribution < 1.29 is 19.1 Å². The van der Waals surface area contributed by atoms with Crippen LogP contribution in [0, 0.1) is 0 Å². The molecule has 3 N–H and O–H groups in total. The van der Waals surface area contributed by atoms with Gasteiger partial charge in [0.05, 0.1) is 30.5 Å². The van der Waals surface area contributed by atoms with E-state index < -0.39 is 11.9 Å². The van der Waals surface area contributed by atoms with Gasteiger partial charge >= 0.3 is 6.03 Å². The minimum Gasteiger partial charge on any atom is -0.493 e. The molecular weight excluding hydrogens is 407 g/mol. The van der Waals surface area contributed by atoms with Gasteiger partial charge in [0, 0.05) is 11.3 Å². The lowest BCUT2D eigenvalue weighted by Crippen LogP contribution is -2.37. The largest absolute Gasteiger partial charge is 0.493 e.